The monoisotopic (exact) mass is 276 g/mol. The van der Waals surface area contributed by atoms with Gasteiger partial charge in [0.15, 0.2) is 0 Å². The third kappa shape index (κ3) is 3.60. The summed E-state index contributed by atoms with van der Waals surface area (Å²) in [7, 11) is 0. The molecule has 0 amide bonds. The van der Waals surface area contributed by atoms with Gasteiger partial charge in [-0.2, -0.15) is 0 Å². The van der Waals surface area contributed by atoms with Crippen LogP contribution in [-0.4, -0.2) is 4.98 Å². The van der Waals surface area contributed by atoms with E-state index >= 15 is 0 Å². The third-order valence-electron chi connectivity index (χ3n) is 3.00. The molecule has 1 N–H and O–H groups in total. The number of hydrogen-bond acceptors (Lipinski definition) is 3. The van der Waals surface area contributed by atoms with E-state index in [9.17, 15) is 0 Å². The van der Waals surface area contributed by atoms with Gasteiger partial charge in [-0.15, -0.1) is 0 Å². The van der Waals surface area contributed by atoms with Crippen LogP contribution in [0.5, 0.6) is 11.5 Å². The van der Waals surface area contributed by atoms with Crippen molar-refractivity contribution < 1.29 is 4.74 Å². The molecule has 0 radical (unpaired) electrons. The van der Waals surface area contributed by atoms with Crippen LogP contribution in [0, 0.1) is 6.92 Å². The fraction of sp³-hybridized carbons (Fsp3) is 0.0556. The highest BCUT2D eigenvalue weighted by Gasteiger charge is 2.00. The van der Waals surface area contributed by atoms with E-state index in [2.05, 4.69) is 10.3 Å². The van der Waals surface area contributed by atoms with Crippen LogP contribution < -0.4 is 10.1 Å². The summed E-state index contributed by atoms with van der Waals surface area (Å²) in [5.41, 5.74) is 2.12. The molecule has 0 aliphatic rings. The van der Waals surface area contributed by atoms with E-state index in [1.54, 1.807) is 6.20 Å². The number of ether oxygens (including phenoxy) is 1. The van der Waals surface area contributed by atoms with Gasteiger partial charge in [0.2, 0.25) is 0 Å². The van der Waals surface area contributed by atoms with Crippen molar-refractivity contribution in [3.63, 3.8) is 0 Å². The largest absolute Gasteiger partial charge is 0.457 e. The third-order valence-corrected chi connectivity index (χ3v) is 3.00. The Morgan fingerprint density at radius 2 is 1.67 bits per heavy atom. The number of aryl methyl sites for hydroxylation is 1. The van der Waals surface area contributed by atoms with Crippen LogP contribution in [0.4, 0.5) is 11.5 Å². The van der Waals surface area contributed by atoms with Gasteiger partial charge in [0, 0.05) is 18.0 Å². The van der Waals surface area contributed by atoms with Crippen LogP contribution in [0.1, 0.15) is 5.56 Å². The lowest BCUT2D eigenvalue weighted by atomic mass is 10.2. The molecule has 3 heteroatoms. The van der Waals surface area contributed by atoms with E-state index < -0.39 is 0 Å². The predicted octanol–water partition coefficient (Wildman–Crippen LogP) is 4.93. The summed E-state index contributed by atoms with van der Waals surface area (Å²) >= 11 is 0. The Kier molecular flexibility index (Phi) is 3.83. The second kappa shape index (κ2) is 6.09. The Bertz CT molecular complexity index is 726. The predicted molar refractivity (Wildman–Crippen MR) is 85.2 cm³/mol. The number of nitrogens with one attached hydrogen (secondary N) is 1. The highest BCUT2D eigenvalue weighted by Crippen LogP contribution is 2.25. The Morgan fingerprint density at radius 3 is 2.48 bits per heavy atom. The van der Waals surface area contributed by atoms with Crippen LogP contribution in [0.15, 0.2) is 72.9 Å². The quantitative estimate of drug-likeness (QED) is 0.734. The Balaban J connectivity index is 1.77. The minimum absolute atomic E-state index is 0.791. The second-order valence-corrected chi connectivity index (χ2v) is 4.79. The zero-order valence-corrected chi connectivity index (χ0v) is 11.8. The van der Waals surface area contributed by atoms with Crippen LogP contribution in [0.2, 0.25) is 0 Å². The molecule has 0 aliphatic carbocycles. The summed E-state index contributed by atoms with van der Waals surface area (Å²) in [6.45, 7) is 2.04. The molecule has 0 fully saturated rings. The zero-order chi connectivity index (χ0) is 14.5. The van der Waals surface area contributed by atoms with Gasteiger partial charge in [0.1, 0.15) is 17.3 Å². The molecular formula is C18H16N2O. The van der Waals surface area contributed by atoms with Gasteiger partial charge in [-0.1, -0.05) is 24.3 Å². The number of pyridine rings is 1. The normalized spacial score (nSPS) is 10.1. The smallest absolute Gasteiger partial charge is 0.130 e. The van der Waals surface area contributed by atoms with Crippen molar-refractivity contribution in [3.05, 3.63) is 78.5 Å². The highest BCUT2D eigenvalue weighted by atomic mass is 16.5. The number of aromatic nitrogens is 1. The number of hydrogen-bond donors (Lipinski definition) is 1. The Morgan fingerprint density at radius 1 is 0.857 bits per heavy atom. The van der Waals surface area contributed by atoms with Gasteiger partial charge in [-0.25, -0.2) is 4.98 Å². The first-order chi connectivity index (χ1) is 10.3. The number of benzene rings is 2. The molecule has 0 saturated carbocycles. The Hall–Kier alpha value is -2.81. The summed E-state index contributed by atoms with van der Waals surface area (Å²) in [4.78, 5) is 4.30. The molecule has 3 aromatic rings. The average molecular weight is 276 g/mol. The maximum Gasteiger partial charge on any atom is 0.130 e. The van der Waals surface area contributed by atoms with E-state index in [4.69, 9.17) is 4.74 Å². The van der Waals surface area contributed by atoms with E-state index in [0.717, 1.165) is 23.0 Å². The molecule has 104 valence electrons. The van der Waals surface area contributed by atoms with Gasteiger partial charge in [-0.3, -0.25) is 0 Å². The number of anilines is 2. The molecule has 3 nitrogen and oxygen atoms in total. The molecule has 21 heavy (non-hydrogen) atoms. The molecule has 0 saturated heterocycles. The molecule has 0 atom stereocenters. The van der Waals surface area contributed by atoms with Crippen molar-refractivity contribution in [2.45, 2.75) is 6.92 Å². The Labute approximate surface area is 124 Å². The molecule has 0 spiro atoms. The first-order valence-electron chi connectivity index (χ1n) is 6.82. The molecule has 3 rings (SSSR count). The van der Waals surface area contributed by atoms with Crippen molar-refractivity contribution in [1.29, 1.82) is 0 Å². The van der Waals surface area contributed by atoms with Crippen LogP contribution >= 0.6 is 0 Å². The second-order valence-electron chi connectivity index (χ2n) is 4.79. The highest BCUT2D eigenvalue weighted by molar-refractivity contribution is 5.58. The molecule has 1 heterocycles. The van der Waals surface area contributed by atoms with Gasteiger partial charge < -0.3 is 10.1 Å². The zero-order valence-electron chi connectivity index (χ0n) is 11.8. The van der Waals surface area contributed by atoms with Crippen LogP contribution in [-0.2, 0) is 0 Å². The summed E-state index contributed by atoms with van der Waals surface area (Å²) < 4.78 is 5.82. The first kappa shape index (κ1) is 13.2. The number of nitrogens with zero attached hydrogens (tertiary/aromatic N) is 1. The molecule has 0 aliphatic heterocycles. The lowest BCUT2D eigenvalue weighted by Crippen LogP contribution is -1.94. The first-order valence-corrected chi connectivity index (χ1v) is 6.82. The summed E-state index contributed by atoms with van der Waals surface area (Å²) in [5.74, 6) is 2.44. The minimum Gasteiger partial charge on any atom is -0.457 e. The standard InChI is InChI=1S/C18H16N2O/c1-14-10-11-19-18(12-14)20-15-6-5-9-17(13-15)21-16-7-3-2-4-8-16/h2-13H,1H3,(H,19,20). The fourth-order valence-electron chi connectivity index (χ4n) is 2.01. The number of para-hydroxylation sites is 1. The molecule has 2 aromatic carbocycles. The lowest BCUT2D eigenvalue weighted by molar-refractivity contribution is 0.483. The SMILES string of the molecule is Cc1ccnc(Nc2cccc(Oc3ccccc3)c2)c1. The van der Waals surface area contributed by atoms with Crippen molar-refractivity contribution in [1.82, 2.24) is 4.98 Å². The van der Waals surface area contributed by atoms with Crippen LogP contribution in [0.25, 0.3) is 0 Å². The van der Waals surface area contributed by atoms with Crippen molar-refractivity contribution in [3.8, 4) is 11.5 Å². The van der Waals surface area contributed by atoms with Gasteiger partial charge >= 0.3 is 0 Å². The molecule has 0 unspecified atom stereocenters. The van der Waals surface area contributed by atoms with Gasteiger partial charge in [0.25, 0.3) is 0 Å². The maximum absolute atomic E-state index is 5.82. The summed E-state index contributed by atoms with van der Waals surface area (Å²) in [5, 5.41) is 3.28. The summed E-state index contributed by atoms with van der Waals surface area (Å²) in [6, 6.07) is 21.5. The van der Waals surface area contributed by atoms with E-state index in [1.807, 2.05) is 73.7 Å². The molecule has 1 aromatic heterocycles. The van der Waals surface area contributed by atoms with Crippen molar-refractivity contribution in [2.75, 3.05) is 5.32 Å². The minimum atomic E-state index is 0.791. The molecule has 0 bridgehead atoms. The van der Waals surface area contributed by atoms with E-state index in [0.29, 0.717) is 0 Å². The van der Waals surface area contributed by atoms with Crippen LogP contribution in [0.3, 0.4) is 0 Å². The van der Waals surface area contributed by atoms with Gasteiger partial charge in [0.05, 0.1) is 0 Å². The van der Waals surface area contributed by atoms with E-state index in [1.165, 1.54) is 5.56 Å². The average Bonchev–Trinajstić information content (AvgIpc) is 2.49. The number of rotatable bonds is 4. The van der Waals surface area contributed by atoms with Crippen molar-refractivity contribution in [2.24, 2.45) is 0 Å². The molecular weight excluding hydrogens is 260 g/mol. The van der Waals surface area contributed by atoms with Gasteiger partial charge in [-0.05, 0) is 48.9 Å². The maximum atomic E-state index is 5.82. The summed E-state index contributed by atoms with van der Waals surface area (Å²) in [6.07, 6.45) is 1.79. The van der Waals surface area contributed by atoms with E-state index in [-0.39, 0.29) is 0 Å². The fourth-order valence-corrected chi connectivity index (χ4v) is 2.01. The van der Waals surface area contributed by atoms with Crippen molar-refractivity contribution >= 4 is 11.5 Å². The lowest BCUT2D eigenvalue weighted by Gasteiger charge is -2.09. The topological polar surface area (TPSA) is 34.2 Å².